The van der Waals surface area contributed by atoms with Crippen LogP contribution in [0.2, 0.25) is 0 Å². The van der Waals surface area contributed by atoms with Gasteiger partial charge in [0.05, 0.1) is 0 Å². The fourth-order valence-electron chi connectivity index (χ4n) is 0.235. The maximum atomic E-state index is 11.2. The third kappa shape index (κ3) is 7.71. The summed E-state index contributed by atoms with van der Waals surface area (Å²) in [6.07, 6.45) is -4.23. The Labute approximate surface area is 50.9 Å². The molecule has 0 unspecified atom stereocenters. The lowest BCUT2D eigenvalue weighted by molar-refractivity contribution is -0.188. The zero-order valence-electron chi connectivity index (χ0n) is 4.96. The van der Waals surface area contributed by atoms with Crippen LogP contribution in [0.15, 0.2) is 0 Å². The van der Waals surface area contributed by atoms with Crippen molar-refractivity contribution >= 4 is 0 Å². The minimum Gasteiger partial charge on any atom is -0.292 e. The second-order valence-corrected chi connectivity index (χ2v) is 1.40. The Kier molecular flexibility index (Phi) is 3.56. The standard InChI is InChI=1S/C4H8F3NO/c1-2-8-9-3-4(5,6)7/h8H,2-3H2,1H3. The fourth-order valence-corrected chi connectivity index (χ4v) is 0.235. The van der Waals surface area contributed by atoms with Gasteiger partial charge in [-0.25, -0.2) is 5.48 Å². The van der Waals surface area contributed by atoms with Crippen molar-refractivity contribution in [3.05, 3.63) is 0 Å². The van der Waals surface area contributed by atoms with Gasteiger partial charge >= 0.3 is 6.18 Å². The highest BCUT2D eigenvalue weighted by Gasteiger charge is 2.27. The first-order valence-electron chi connectivity index (χ1n) is 2.47. The summed E-state index contributed by atoms with van der Waals surface area (Å²) < 4.78 is 33.6. The quantitative estimate of drug-likeness (QED) is 0.471. The van der Waals surface area contributed by atoms with E-state index in [1.165, 1.54) is 0 Å². The summed E-state index contributed by atoms with van der Waals surface area (Å²) in [6.45, 7) is 0.785. The summed E-state index contributed by atoms with van der Waals surface area (Å²) >= 11 is 0. The first-order chi connectivity index (χ1) is 4.06. The minimum absolute atomic E-state index is 0.371. The van der Waals surface area contributed by atoms with Gasteiger partial charge in [-0.05, 0) is 0 Å². The smallest absolute Gasteiger partial charge is 0.292 e. The SMILES string of the molecule is CCNOCC(F)(F)F. The van der Waals surface area contributed by atoms with E-state index in [0.717, 1.165) is 0 Å². The minimum atomic E-state index is -4.23. The molecule has 0 heterocycles. The lowest BCUT2D eigenvalue weighted by atomic mass is 10.7. The van der Waals surface area contributed by atoms with Crippen LogP contribution in [0.1, 0.15) is 6.92 Å². The van der Waals surface area contributed by atoms with Crippen molar-refractivity contribution in [2.75, 3.05) is 13.2 Å². The molecule has 0 aromatic heterocycles. The topological polar surface area (TPSA) is 21.3 Å². The van der Waals surface area contributed by atoms with Crippen LogP contribution in [0.4, 0.5) is 13.2 Å². The predicted molar refractivity (Wildman–Crippen MR) is 25.7 cm³/mol. The predicted octanol–water partition coefficient (Wildman–Crippen LogP) is 1.09. The summed E-state index contributed by atoms with van der Waals surface area (Å²) in [5, 5.41) is 0. The van der Waals surface area contributed by atoms with Crippen LogP contribution >= 0.6 is 0 Å². The molecule has 0 atom stereocenters. The Morgan fingerprint density at radius 1 is 1.44 bits per heavy atom. The van der Waals surface area contributed by atoms with Gasteiger partial charge in [-0.15, -0.1) is 0 Å². The number of nitrogens with one attached hydrogen (secondary N) is 1. The summed E-state index contributed by atoms with van der Waals surface area (Å²) in [5.74, 6) is 0. The van der Waals surface area contributed by atoms with E-state index in [1.54, 1.807) is 6.92 Å². The molecule has 0 aromatic carbocycles. The number of hydrogen-bond acceptors (Lipinski definition) is 2. The molecule has 0 aliphatic heterocycles. The molecule has 0 saturated carbocycles. The van der Waals surface area contributed by atoms with Gasteiger partial charge in [-0.1, -0.05) is 6.92 Å². The van der Waals surface area contributed by atoms with E-state index < -0.39 is 12.8 Å². The van der Waals surface area contributed by atoms with Crippen molar-refractivity contribution in [2.24, 2.45) is 0 Å². The van der Waals surface area contributed by atoms with E-state index in [9.17, 15) is 13.2 Å². The Morgan fingerprint density at radius 2 is 2.00 bits per heavy atom. The van der Waals surface area contributed by atoms with Gasteiger partial charge in [-0.2, -0.15) is 13.2 Å². The van der Waals surface area contributed by atoms with Crippen LogP contribution in [0, 0.1) is 0 Å². The van der Waals surface area contributed by atoms with Crippen LogP contribution < -0.4 is 5.48 Å². The molecule has 0 spiro atoms. The van der Waals surface area contributed by atoms with E-state index >= 15 is 0 Å². The first-order valence-corrected chi connectivity index (χ1v) is 2.47. The molecule has 0 rings (SSSR count). The van der Waals surface area contributed by atoms with Crippen LogP contribution in [-0.4, -0.2) is 19.3 Å². The fraction of sp³-hybridized carbons (Fsp3) is 1.00. The summed E-state index contributed by atoms with van der Waals surface area (Å²) in [5.41, 5.74) is 2.08. The molecule has 0 amide bonds. The molecule has 0 aromatic rings. The normalized spacial score (nSPS) is 12.0. The molecule has 56 valence electrons. The average Bonchev–Trinajstić information content (AvgIpc) is 1.63. The van der Waals surface area contributed by atoms with Crippen molar-refractivity contribution in [3.63, 3.8) is 0 Å². The zero-order valence-corrected chi connectivity index (χ0v) is 4.96. The number of alkyl halides is 3. The van der Waals surface area contributed by atoms with Crippen LogP contribution in [-0.2, 0) is 4.84 Å². The Morgan fingerprint density at radius 3 is 2.33 bits per heavy atom. The first kappa shape index (κ1) is 8.71. The third-order valence-electron chi connectivity index (χ3n) is 0.482. The lowest BCUT2D eigenvalue weighted by Crippen LogP contribution is -2.24. The molecule has 1 N–H and O–H groups in total. The molecule has 0 fully saturated rings. The molecule has 0 aliphatic rings. The number of halogens is 3. The van der Waals surface area contributed by atoms with E-state index in [0.29, 0.717) is 6.54 Å². The Bertz CT molecular complexity index is 72.7. The van der Waals surface area contributed by atoms with Crippen molar-refractivity contribution in [2.45, 2.75) is 13.1 Å². The molecule has 5 heteroatoms. The Hall–Kier alpha value is -0.290. The van der Waals surface area contributed by atoms with Crippen molar-refractivity contribution in [3.8, 4) is 0 Å². The van der Waals surface area contributed by atoms with Crippen LogP contribution in [0.5, 0.6) is 0 Å². The highest BCUT2D eigenvalue weighted by atomic mass is 19.4. The van der Waals surface area contributed by atoms with Crippen molar-refractivity contribution in [1.29, 1.82) is 0 Å². The van der Waals surface area contributed by atoms with Gasteiger partial charge in [0.2, 0.25) is 0 Å². The molecule has 9 heavy (non-hydrogen) atoms. The number of hydroxylamine groups is 1. The van der Waals surface area contributed by atoms with E-state index in [4.69, 9.17) is 0 Å². The van der Waals surface area contributed by atoms with Gasteiger partial charge in [0.25, 0.3) is 0 Å². The maximum Gasteiger partial charge on any atom is 0.413 e. The van der Waals surface area contributed by atoms with Crippen molar-refractivity contribution in [1.82, 2.24) is 5.48 Å². The Balaban J connectivity index is 3.07. The van der Waals surface area contributed by atoms with Gasteiger partial charge < -0.3 is 0 Å². The number of rotatable bonds is 3. The van der Waals surface area contributed by atoms with Crippen LogP contribution in [0.3, 0.4) is 0 Å². The van der Waals surface area contributed by atoms with Gasteiger partial charge in [0.1, 0.15) is 0 Å². The summed E-state index contributed by atoms with van der Waals surface area (Å²) in [7, 11) is 0. The molecule has 0 aliphatic carbocycles. The lowest BCUT2D eigenvalue weighted by Gasteiger charge is -2.05. The van der Waals surface area contributed by atoms with Gasteiger partial charge in [-0.3, -0.25) is 4.84 Å². The molecular weight excluding hydrogens is 135 g/mol. The average molecular weight is 143 g/mol. The maximum absolute atomic E-state index is 11.2. The zero-order chi connectivity index (χ0) is 7.33. The van der Waals surface area contributed by atoms with Crippen LogP contribution in [0.25, 0.3) is 0 Å². The molecule has 2 nitrogen and oxygen atoms in total. The summed E-state index contributed by atoms with van der Waals surface area (Å²) in [4.78, 5) is 3.97. The highest BCUT2D eigenvalue weighted by molar-refractivity contribution is 4.42. The second kappa shape index (κ2) is 3.68. The van der Waals surface area contributed by atoms with E-state index in [2.05, 4.69) is 10.3 Å². The largest absolute Gasteiger partial charge is 0.413 e. The highest BCUT2D eigenvalue weighted by Crippen LogP contribution is 2.13. The third-order valence-corrected chi connectivity index (χ3v) is 0.482. The molecule has 0 radical (unpaired) electrons. The summed E-state index contributed by atoms with van der Waals surface area (Å²) in [6, 6.07) is 0. The van der Waals surface area contributed by atoms with E-state index in [1.807, 2.05) is 0 Å². The monoisotopic (exact) mass is 143 g/mol. The molecule has 0 saturated heterocycles. The van der Waals surface area contributed by atoms with E-state index in [-0.39, 0.29) is 0 Å². The van der Waals surface area contributed by atoms with Gasteiger partial charge in [0, 0.05) is 6.54 Å². The molecular formula is C4H8F3NO. The van der Waals surface area contributed by atoms with Gasteiger partial charge in [0.15, 0.2) is 6.61 Å². The molecule has 0 bridgehead atoms. The van der Waals surface area contributed by atoms with Crippen molar-refractivity contribution < 1.29 is 18.0 Å². The number of hydrogen-bond donors (Lipinski definition) is 1. The second-order valence-electron chi connectivity index (χ2n) is 1.40.